The van der Waals surface area contributed by atoms with Crippen LogP contribution < -0.4 is 0 Å². The Kier molecular flexibility index (Phi) is 4.21. The average molecular weight is 119 g/mol. The first-order valence-electron chi connectivity index (χ1n) is 2.52. The van der Waals surface area contributed by atoms with Crippen LogP contribution in [0, 0.1) is 5.92 Å². The summed E-state index contributed by atoms with van der Waals surface area (Å²) in [5.41, 5.74) is 1.57. The lowest BCUT2D eigenvalue weighted by Crippen LogP contribution is -1.79. The molecule has 0 heterocycles. The third-order valence-electron chi connectivity index (χ3n) is 0.697. The lowest BCUT2D eigenvalue weighted by Gasteiger charge is -1.93. The van der Waals surface area contributed by atoms with E-state index >= 15 is 0 Å². The van der Waals surface area contributed by atoms with Gasteiger partial charge in [0.15, 0.2) is 0 Å². The van der Waals surface area contributed by atoms with Gasteiger partial charge in [0.25, 0.3) is 0 Å². The molecule has 1 heteroatoms. The van der Waals surface area contributed by atoms with E-state index in [0.717, 1.165) is 12.3 Å². The molecule has 7 heavy (non-hydrogen) atoms. The van der Waals surface area contributed by atoms with Gasteiger partial charge in [0.2, 0.25) is 0 Å². The fraction of sp³-hybridized carbons (Fsp3) is 0.667. The van der Waals surface area contributed by atoms with E-state index in [2.05, 4.69) is 13.8 Å². The van der Waals surface area contributed by atoms with Crippen LogP contribution in [0.1, 0.15) is 20.3 Å². The van der Waals surface area contributed by atoms with Crippen LogP contribution in [-0.4, -0.2) is 0 Å². The van der Waals surface area contributed by atoms with Crippen LogP contribution >= 0.6 is 11.6 Å². The largest absolute Gasteiger partial charge is 0.0933 e. The monoisotopic (exact) mass is 118 g/mol. The summed E-state index contributed by atoms with van der Waals surface area (Å²) in [5.74, 6) is 0.731. The van der Waals surface area contributed by atoms with Gasteiger partial charge in [-0.25, -0.2) is 0 Å². The summed E-state index contributed by atoms with van der Waals surface area (Å²) >= 11 is 5.27. The van der Waals surface area contributed by atoms with Crippen LogP contribution in [0.15, 0.2) is 11.6 Å². The average Bonchev–Trinajstić information content (AvgIpc) is 1.61. The smallest absolute Gasteiger partial charge is 0.000255 e. The minimum atomic E-state index is 0.731. The third-order valence-corrected chi connectivity index (χ3v) is 0.875. The molecule has 0 N–H and O–H groups in total. The Bertz CT molecular complexity index is 55.2. The van der Waals surface area contributed by atoms with Crippen LogP contribution in [0.3, 0.4) is 0 Å². The molecule has 0 aliphatic carbocycles. The van der Waals surface area contributed by atoms with Crippen LogP contribution in [0.4, 0.5) is 0 Å². The van der Waals surface area contributed by atoms with Gasteiger partial charge in [0, 0.05) is 5.54 Å². The molecule has 0 amide bonds. The zero-order valence-electron chi connectivity index (χ0n) is 4.82. The molecule has 0 unspecified atom stereocenters. The predicted molar refractivity (Wildman–Crippen MR) is 34.4 cm³/mol. The maximum absolute atomic E-state index is 5.27. The highest BCUT2D eigenvalue weighted by Gasteiger charge is 1.84. The fourth-order valence-corrected chi connectivity index (χ4v) is 0.426. The molecule has 0 rings (SSSR count). The second-order valence-corrected chi connectivity index (χ2v) is 2.24. The van der Waals surface area contributed by atoms with E-state index in [-0.39, 0.29) is 0 Å². The standard InChI is InChI=1S/C6H11Cl/c1-6(2)4-3-5-7/h3,5-6H,4H2,1-2H3. The summed E-state index contributed by atoms with van der Waals surface area (Å²) in [6.07, 6.45) is 3.05. The van der Waals surface area contributed by atoms with Gasteiger partial charge in [-0.05, 0) is 12.3 Å². The molecular formula is C6H11Cl. The molecule has 0 aromatic heterocycles. The van der Waals surface area contributed by atoms with Gasteiger partial charge in [0.05, 0.1) is 0 Å². The summed E-state index contributed by atoms with van der Waals surface area (Å²) in [4.78, 5) is 0. The lowest BCUT2D eigenvalue weighted by atomic mass is 10.1. The number of allylic oxidation sites excluding steroid dienone is 1. The molecule has 0 aromatic carbocycles. The van der Waals surface area contributed by atoms with Crippen molar-refractivity contribution < 1.29 is 0 Å². The van der Waals surface area contributed by atoms with Crippen LogP contribution in [-0.2, 0) is 0 Å². The van der Waals surface area contributed by atoms with Crippen molar-refractivity contribution in [3.63, 3.8) is 0 Å². The van der Waals surface area contributed by atoms with E-state index in [4.69, 9.17) is 11.6 Å². The van der Waals surface area contributed by atoms with Crippen molar-refractivity contribution in [3.05, 3.63) is 11.6 Å². The van der Waals surface area contributed by atoms with Crippen LogP contribution in [0.25, 0.3) is 0 Å². The fourth-order valence-electron chi connectivity index (χ4n) is 0.324. The molecular weight excluding hydrogens is 108 g/mol. The van der Waals surface area contributed by atoms with Gasteiger partial charge in [-0.3, -0.25) is 0 Å². The number of hydrogen-bond acceptors (Lipinski definition) is 0. The summed E-state index contributed by atoms with van der Waals surface area (Å²) in [5, 5.41) is 0. The summed E-state index contributed by atoms with van der Waals surface area (Å²) in [6.45, 7) is 4.33. The molecule has 0 aliphatic rings. The second kappa shape index (κ2) is 4.20. The summed E-state index contributed by atoms with van der Waals surface area (Å²) in [6, 6.07) is 0. The number of halogens is 1. The molecule has 0 bridgehead atoms. The molecule has 0 fully saturated rings. The lowest BCUT2D eigenvalue weighted by molar-refractivity contribution is 0.664. The Morgan fingerprint density at radius 3 is 2.29 bits per heavy atom. The maximum Gasteiger partial charge on any atom is 0.000255 e. The Morgan fingerprint density at radius 1 is 1.57 bits per heavy atom. The Morgan fingerprint density at radius 2 is 2.14 bits per heavy atom. The molecule has 42 valence electrons. The van der Waals surface area contributed by atoms with Crippen molar-refractivity contribution >= 4 is 11.6 Å². The van der Waals surface area contributed by atoms with Gasteiger partial charge in [-0.15, -0.1) is 0 Å². The Labute approximate surface area is 50.2 Å². The molecule has 0 saturated heterocycles. The third kappa shape index (κ3) is 6.03. The molecule has 0 aliphatic heterocycles. The van der Waals surface area contributed by atoms with Gasteiger partial charge in [-0.2, -0.15) is 0 Å². The molecule has 0 radical (unpaired) electrons. The highest BCUT2D eigenvalue weighted by Crippen LogP contribution is 1.99. The highest BCUT2D eigenvalue weighted by atomic mass is 35.5. The van der Waals surface area contributed by atoms with E-state index in [1.807, 2.05) is 6.08 Å². The van der Waals surface area contributed by atoms with E-state index in [1.165, 1.54) is 0 Å². The molecule has 0 nitrogen and oxygen atoms in total. The van der Waals surface area contributed by atoms with E-state index in [0.29, 0.717) is 0 Å². The maximum atomic E-state index is 5.27. The summed E-state index contributed by atoms with van der Waals surface area (Å²) < 4.78 is 0. The zero-order chi connectivity index (χ0) is 5.70. The van der Waals surface area contributed by atoms with Crippen LogP contribution in [0.2, 0.25) is 0 Å². The summed E-state index contributed by atoms with van der Waals surface area (Å²) in [7, 11) is 0. The number of rotatable bonds is 2. The van der Waals surface area contributed by atoms with E-state index < -0.39 is 0 Å². The molecule has 0 aromatic rings. The van der Waals surface area contributed by atoms with Crippen molar-refractivity contribution in [2.75, 3.05) is 0 Å². The molecule has 0 saturated carbocycles. The second-order valence-electron chi connectivity index (χ2n) is 1.99. The van der Waals surface area contributed by atoms with Crippen molar-refractivity contribution in [2.24, 2.45) is 5.92 Å². The van der Waals surface area contributed by atoms with Crippen molar-refractivity contribution in [1.82, 2.24) is 0 Å². The minimum Gasteiger partial charge on any atom is -0.0933 e. The normalized spacial score (nSPS) is 11.4. The molecule has 0 spiro atoms. The van der Waals surface area contributed by atoms with Crippen molar-refractivity contribution in [1.29, 1.82) is 0 Å². The first-order valence-corrected chi connectivity index (χ1v) is 2.96. The van der Waals surface area contributed by atoms with Gasteiger partial charge < -0.3 is 0 Å². The topological polar surface area (TPSA) is 0 Å². The van der Waals surface area contributed by atoms with Gasteiger partial charge >= 0.3 is 0 Å². The van der Waals surface area contributed by atoms with Gasteiger partial charge in [0.1, 0.15) is 0 Å². The van der Waals surface area contributed by atoms with E-state index in [1.54, 1.807) is 5.54 Å². The highest BCUT2D eigenvalue weighted by molar-refractivity contribution is 6.25. The van der Waals surface area contributed by atoms with Crippen molar-refractivity contribution in [3.8, 4) is 0 Å². The Hall–Kier alpha value is 0.0300. The first-order chi connectivity index (χ1) is 3.27. The predicted octanol–water partition coefficient (Wildman–Crippen LogP) is 2.79. The first kappa shape index (κ1) is 7.03. The quantitative estimate of drug-likeness (QED) is 0.523. The number of hydrogen-bond donors (Lipinski definition) is 0. The Balaban J connectivity index is 2.97. The molecule has 0 atom stereocenters. The van der Waals surface area contributed by atoms with Gasteiger partial charge in [-0.1, -0.05) is 31.5 Å². The zero-order valence-corrected chi connectivity index (χ0v) is 5.57. The van der Waals surface area contributed by atoms with Crippen molar-refractivity contribution in [2.45, 2.75) is 20.3 Å². The SMILES string of the molecule is CC(C)CC=CCl. The van der Waals surface area contributed by atoms with E-state index in [9.17, 15) is 0 Å². The van der Waals surface area contributed by atoms with Crippen LogP contribution in [0.5, 0.6) is 0 Å². The minimum absolute atomic E-state index is 0.731.